The number of guanidine groups is 1. The number of halogens is 1. The molecule has 0 radical (unpaired) electrons. The zero-order chi connectivity index (χ0) is 16.3. The highest BCUT2D eigenvalue weighted by molar-refractivity contribution is 14.0. The maximum atomic E-state index is 6.06. The molecule has 0 heterocycles. The molecular weight excluding hydrogens is 417 g/mol. The van der Waals surface area contributed by atoms with Crippen LogP contribution in [-0.2, 0) is 11.3 Å². The molecule has 1 aromatic carbocycles. The van der Waals surface area contributed by atoms with Crippen LogP contribution in [0.1, 0.15) is 38.2 Å². The van der Waals surface area contributed by atoms with Crippen molar-refractivity contribution in [1.82, 2.24) is 10.6 Å². The third-order valence-corrected chi connectivity index (χ3v) is 3.95. The summed E-state index contributed by atoms with van der Waals surface area (Å²) in [6, 6.07) is 8.22. The van der Waals surface area contributed by atoms with Crippen molar-refractivity contribution in [2.75, 3.05) is 26.8 Å². The van der Waals surface area contributed by atoms with Crippen LogP contribution in [0.4, 0.5) is 0 Å². The fourth-order valence-electron chi connectivity index (χ4n) is 2.36. The molecule has 0 amide bonds. The van der Waals surface area contributed by atoms with Gasteiger partial charge in [-0.3, -0.25) is 4.99 Å². The predicted molar refractivity (Wildman–Crippen MR) is 109 cm³/mol. The van der Waals surface area contributed by atoms with E-state index in [4.69, 9.17) is 9.47 Å². The maximum Gasteiger partial charge on any atom is 0.191 e. The average molecular weight is 447 g/mol. The van der Waals surface area contributed by atoms with Crippen LogP contribution in [0.2, 0.25) is 0 Å². The molecule has 0 aliphatic heterocycles. The van der Waals surface area contributed by atoms with Crippen LogP contribution in [0.3, 0.4) is 0 Å². The van der Waals surface area contributed by atoms with E-state index < -0.39 is 0 Å². The van der Waals surface area contributed by atoms with Crippen LogP contribution >= 0.6 is 24.0 Å². The third kappa shape index (κ3) is 7.25. The van der Waals surface area contributed by atoms with Gasteiger partial charge in [0.05, 0.1) is 6.10 Å². The minimum Gasteiger partial charge on any atom is -0.490 e. The van der Waals surface area contributed by atoms with Crippen LogP contribution in [-0.4, -0.2) is 38.9 Å². The number of rotatable bonds is 9. The van der Waals surface area contributed by atoms with Gasteiger partial charge in [-0.15, -0.1) is 24.0 Å². The Morgan fingerprint density at radius 2 is 2.04 bits per heavy atom. The van der Waals surface area contributed by atoms with E-state index in [9.17, 15) is 0 Å². The third-order valence-electron chi connectivity index (χ3n) is 3.95. The van der Waals surface area contributed by atoms with E-state index in [-0.39, 0.29) is 24.0 Å². The zero-order valence-electron chi connectivity index (χ0n) is 14.7. The summed E-state index contributed by atoms with van der Waals surface area (Å²) >= 11 is 0. The minimum absolute atomic E-state index is 0. The van der Waals surface area contributed by atoms with Gasteiger partial charge in [0.1, 0.15) is 5.75 Å². The first-order valence-corrected chi connectivity index (χ1v) is 8.60. The van der Waals surface area contributed by atoms with Crippen LogP contribution in [0.25, 0.3) is 0 Å². The summed E-state index contributed by atoms with van der Waals surface area (Å²) in [4.78, 5) is 4.25. The number of para-hydroxylation sites is 1. The average Bonchev–Trinajstić information content (AvgIpc) is 2.54. The van der Waals surface area contributed by atoms with Crippen LogP contribution in [0.15, 0.2) is 29.3 Å². The number of nitrogens with zero attached hydrogens (tertiary/aromatic N) is 1. The molecule has 0 spiro atoms. The van der Waals surface area contributed by atoms with Gasteiger partial charge in [-0.25, -0.2) is 0 Å². The molecule has 1 aliphatic rings. The molecule has 136 valence electrons. The standard InChI is InChI=1S/C18H29N3O2.HI/c1-3-22-13-7-12-20-18(19-2)21-14-15-8-4-5-11-17(15)23-16-9-6-10-16;/h4-5,8,11,16H,3,6-7,9-10,12-14H2,1-2H3,(H2,19,20,21);1H. The molecule has 0 aromatic heterocycles. The van der Waals surface area contributed by atoms with Gasteiger partial charge in [0.15, 0.2) is 5.96 Å². The fourth-order valence-corrected chi connectivity index (χ4v) is 2.36. The summed E-state index contributed by atoms with van der Waals surface area (Å²) in [5.74, 6) is 1.79. The van der Waals surface area contributed by atoms with Gasteiger partial charge in [-0.05, 0) is 38.7 Å². The lowest BCUT2D eigenvalue weighted by Gasteiger charge is -2.27. The molecule has 2 N–H and O–H groups in total. The van der Waals surface area contributed by atoms with E-state index >= 15 is 0 Å². The highest BCUT2D eigenvalue weighted by Gasteiger charge is 2.20. The summed E-state index contributed by atoms with van der Waals surface area (Å²) in [5, 5.41) is 6.64. The molecule has 1 aliphatic carbocycles. The van der Waals surface area contributed by atoms with E-state index in [0.717, 1.165) is 43.5 Å². The van der Waals surface area contributed by atoms with Crippen LogP contribution in [0, 0.1) is 0 Å². The topological polar surface area (TPSA) is 54.9 Å². The van der Waals surface area contributed by atoms with Gasteiger partial charge in [-0.2, -0.15) is 0 Å². The molecule has 0 atom stereocenters. The second kappa shape index (κ2) is 12.4. The Hall–Kier alpha value is -1.02. The van der Waals surface area contributed by atoms with E-state index in [1.54, 1.807) is 7.05 Å². The second-order valence-electron chi connectivity index (χ2n) is 5.68. The number of hydrogen-bond acceptors (Lipinski definition) is 3. The van der Waals surface area contributed by atoms with Crippen LogP contribution < -0.4 is 15.4 Å². The smallest absolute Gasteiger partial charge is 0.191 e. The Kier molecular flexibility index (Phi) is 10.8. The number of ether oxygens (including phenoxy) is 2. The fraction of sp³-hybridized carbons (Fsp3) is 0.611. The largest absolute Gasteiger partial charge is 0.490 e. The molecule has 0 bridgehead atoms. The van der Waals surface area contributed by atoms with Crippen molar-refractivity contribution >= 4 is 29.9 Å². The lowest BCUT2D eigenvalue weighted by molar-refractivity contribution is 0.119. The van der Waals surface area contributed by atoms with Gasteiger partial charge >= 0.3 is 0 Å². The minimum atomic E-state index is 0. The Morgan fingerprint density at radius 3 is 2.71 bits per heavy atom. The highest BCUT2D eigenvalue weighted by Crippen LogP contribution is 2.27. The van der Waals surface area contributed by atoms with Crippen molar-refractivity contribution in [3.63, 3.8) is 0 Å². The lowest BCUT2D eigenvalue weighted by Crippen LogP contribution is -2.37. The molecule has 24 heavy (non-hydrogen) atoms. The monoisotopic (exact) mass is 447 g/mol. The summed E-state index contributed by atoms with van der Waals surface area (Å²) in [5.41, 5.74) is 1.16. The quantitative estimate of drug-likeness (QED) is 0.264. The summed E-state index contributed by atoms with van der Waals surface area (Å²) in [6.45, 7) is 5.11. The lowest BCUT2D eigenvalue weighted by atomic mass is 9.96. The molecule has 2 rings (SSSR count). The van der Waals surface area contributed by atoms with Gasteiger partial charge in [0.2, 0.25) is 0 Å². The molecule has 1 saturated carbocycles. The predicted octanol–water partition coefficient (Wildman–Crippen LogP) is 3.33. The van der Waals surface area contributed by atoms with E-state index in [0.29, 0.717) is 12.6 Å². The summed E-state index contributed by atoms with van der Waals surface area (Å²) in [7, 11) is 1.79. The first-order valence-electron chi connectivity index (χ1n) is 8.60. The molecule has 1 aromatic rings. The zero-order valence-corrected chi connectivity index (χ0v) is 17.0. The molecule has 0 unspecified atom stereocenters. The maximum absolute atomic E-state index is 6.06. The first-order chi connectivity index (χ1) is 11.3. The SMILES string of the molecule is CCOCCCNC(=NC)NCc1ccccc1OC1CCC1.I. The van der Waals surface area contributed by atoms with Crippen molar-refractivity contribution in [2.45, 2.75) is 45.3 Å². The van der Waals surface area contributed by atoms with E-state index in [2.05, 4.69) is 21.7 Å². The van der Waals surface area contributed by atoms with Gasteiger partial charge in [-0.1, -0.05) is 18.2 Å². The first kappa shape index (κ1) is 21.0. The van der Waals surface area contributed by atoms with E-state index in [1.165, 1.54) is 19.3 Å². The molecule has 6 heteroatoms. The number of hydrogen-bond donors (Lipinski definition) is 2. The Balaban J connectivity index is 0.00000288. The normalized spacial score (nSPS) is 14.5. The number of aliphatic imine (C=N–C) groups is 1. The summed E-state index contributed by atoms with van der Waals surface area (Å²) in [6.07, 6.45) is 4.99. The van der Waals surface area contributed by atoms with Gasteiger partial charge in [0, 0.05) is 38.9 Å². The van der Waals surface area contributed by atoms with Crippen molar-refractivity contribution < 1.29 is 9.47 Å². The molecular formula is C18H30IN3O2. The Labute approximate surface area is 162 Å². The number of nitrogens with one attached hydrogen (secondary N) is 2. The molecule has 5 nitrogen and oxygen atoms in total. The van der Waals surface area contributed by atoms with Gasteiger partial charge in [0.25, 0.3) is 0 Å². The number of benzene rings is 1. The van der Waals surface area contributed by atoms with Crippen molar-refractivity contribution in [3.8, 4) is 5.75 Å². The Bertz CT molecular complexity index is 493. The van der Waals surface area contributed by atoms with E-state index in [1.807, 2.05) is 25.1 Å². The molecule has 0 saturated heterocycles. The van der Waals surface area contributed by atoms with Crippen molar-refractivity contribution in [1.29, 1.82) is 0 Å². The van der Waals surface area contributed by atoms with Crippen molar-refractivity contribution in [2.24, 2.45) is 4.99 Å². The Morgan fingerprint density at radius 1 is 1.25 bits per heavy atom. The van der Waals surface area contributed by atoms with Crippen LogP contribution in [0.5, 0.6) is 5.75 Å². The molecule has 1 fully saturated rings. The van der Waals surface area contributed by atoms with Gasteiger partial charge < -0.3 is 20.1 Å². The highest BCUT2D eigenvalue weighted by atomic mass is 127. The van der Waals surface area contributed by atoms with Crippen molar-refractivity contribution in [3.05, 3.63) is 29.8 Å². The summed E-state index contributed by atoms with van der Waals surface area (Å²) < 4.78 is 11.4. The second-order valence-corrected chi connectivity index (χ2v) is 5.68.